The second-order valence-electron chi connectivity index (χ2n) is 7.42. The number of likely N-dealkylation sites (tertiary alicyclic amines) is 1. The minimum atomic E-state index is -0.236. The molecule has 140 valence electrons. The van der Waals surface area contributed by atoms with E-state index in [0.717, 1.165) is 24.8 Å². The van der Waals surface area contributed by atoms with Gasteiger partial charge in [0, 0.05) is 11.6 Å². The van der Waals surface area contributed by atoms with Gasteiger partial charge in [-0.3, -0.25) is 14.5 Å². The summed E-state index contributed by atoms with van der Waals surface area (Å²) < 4.78 is 9.98. The van der Waals surface area contributed by atoms with Crippen molar-refractivity contribution in [1.82, 2.24) is 4.90 Å². The highest BCUT2D eigenvalue weighted by molar-refractivity contribution is 6.42. The van der Waals surface area contributed by atoms with Crippen LogP contribution in [0.3, 0.4) is 0 Å². The van der Waals surface area contributed by atoms with E-state index in [9.17, 15) is 9.59 Å². The number of hydrogen-bond donors (Lipinski definition) is 0. The van der Waals surface area contributed by atoms with Gasteiger partial charge < -0.3 is 9.47 Å². The van der Waals surface area contributed by atoms with Crippen molar-refractivity contribution >= 4 is 35.1 Å². The Labute approximate surface area is 162 Å². The molecule has 0 radical (unpaired) electrons. The average molecular weight is 398 g/mol. The maximum absolute atomic E-state index is 12.6. The molecular weight excluding hydrogens is 377 g/mol. The van der Waals surface area contributed by atoms with Gasteiger partial charge in [0.05, 0.1) is 36.7 Å². The Kier molecular flexibility index (Phi) is 4.45. The van der Waals surface area contributed by atoms with E-state index in [1.165, 1.54) is 14.2 Å². The van der Waals surface area contributed by atoms with Gasteiger partial charge in [-0.15, -0.1) is 0 Å². The molecule has 6 atom stereocenters. The molecule has 5 nitrogen and oxygen atoms in total. The maximum atomic E-state index is 12.6. The van der Waals surface area contributed by atoms with Gasteiger partial charge in [0.15, 0.2) is 0 Å². The summed E-state index contributed by atoms with van der Waals surface area (Å²) in [5, 5.41) is 0.984. The lowest BCUT2D eigenvalue weighted by molar-refractivity contribution is -0.152. The highest BCUT2D eigenvalue weighted by atomic mass is 35.5. The van der Waals surface area contributed by atoms with E-state index in [2.05, 4.69) is 4.90 Å². The van der Waals surface area contributed by atoms with Crippen molar-refractivity contribution in [2.75, 3.05) is 20.8 Å². The van der Waals surface area contributed by atoms with Gasteiger partial charge in [0.25, 0.3) is 0 Å². The second kappa shape index (κ2) is 6.39. The van der Waals surface area contributed by atoms with Crippen molar-refractivity contribution in [2.24, 2.45) is 11.8 Å². The van der Waals surface area contributed by atoms with Crippen LogP contribution in [0.1, 0.15) is 30.7 Å². The number of rotatable bonds is 4. The molecule has 1 heterocycles. The number of ether oxygens (including phenoxy) is 2. The Balaban J connectivity index is 1.67. The van der Waals surface area contributed by atoms with Crippen molar-refractivity contribution < 1.29 is 19.1 Å². The number of carbonyl (C=O) groups excluding carboxylic acids is 2. The number of carbonyl (C=O) groups is 2. The van der Waals surface area contributed by atoms with Crippen LogP contribution in [0.25, 0.3) is 0 Å². The number of nitrogens with zero attached hydrogens (tertiary/aromatic N) is 1. The molecule has 2 aliphatic carbocycles. The van der Waals surface area contributed by atoms with E-state index in [4.69, 9.17) is 32.7 Å². The summed E-state index contributed by atoms with van der Waals surface area (Å²) >= 11 is 12.3. The van der Waals surface area contributed by atoms with E-state index in [1.54, 1.807) is 6.07 Å². The lowest BCUT2D eigenvalue weighted by Gasteiger charge is -2.48. The molecule has 0 bridgehead atoms. The van der Waals surface area contributed by atoms with Crippen LogP contribution in [0.4, 0.5) is 0 Å². The lowest BCUT2D eigenvalue weighted by atomic mass is 9.55. The summed E-state index contributed by atoms with van der Waals surface area (Å²) in [5.41, 5.74) is 0.958. The largest absolute Gasteiger partial charge is 0.469 e. The number of methoxy groups -OCH3 is 2. The number of halogens is 2. The van der Waals surface area contributed by atoms with Crippen LogP contribution in [-0.4, -0.2) is 49.2 Å². The summed E-state index contributed by atoms with van der Waals surface area (Å²) in [5.74, 6) is -0.459. The molecule has 1 spiro atoms. The third-order valence-corrected chi connectivity index (χ3v) is 7.37. The molecule has 0 amide bonds. The van der Waals surface area contributed by atoms with Crippen molar-refractivity contribution in [3.8, 4) is 0 Å². The molecule has 4 rings (SSSR count). The maximum Gasteiger partial charge on any atom is 0.319 e. The molecule has 0 N–H and O–H groups in total. The molecule has 1 aliphatic heterocycles. The zero-order valence-corrected chi connectivity index (χ0v) is 16.2. The first-order chi connectivity index (χ1) is 12.4. The first-order valence-electron chi connectivity index (χ1n) is 8.80. The third kappa shape index (κ3) is 2.48. The monoisotopic (exact) mass is 397 g/mol. The summed E-state index contributed by atoms with van der Waals surface area (Å²) in [6.07, 6.45) is 2.78. The quantitative estimate of drug-likeness (QED) is 0.576. The third-order valence-electron chi connectivity index (χ3n) is 6.63. The molecule has 1 aromatic carbocycles. The Morgan fingerprint density at radius 3 is 2.58 bits per heavy atom. The SMILES string of the molecule is COC(=O)CN1C2CC(c3ccc(Cl)c(Cl)c3)C(C(=O)OC)C3CCC321. The molecule has 26 heavy (non-hydrogen) atoms. The normalized spacial score (nSPS) is 37.0. The van der Waals surface area contributed by atoms with Gasteiger partial charge in [-0.2, -0.15) is 0 Å². The van der Waals surface area contributed by atoms with Gasteiger partial charge in [0.2, 0.25) is 0 Å². The summed E-state index contributed by atoms with van der Waals surface area (Å²) in [7, 11) is 2.84. The minimum Gasteiger partial charge on any atom is -0.469 e. The van der Waals surface area contributed by atoms with Crippen molar-refractivity contribution in [3.63, 3.8) is 0 Å². The molecule has 0 aromatic heterocycles. The number of esters is 2. The molecule has 3 aliphatic rings. The predicted molar refractivity (Wildman–Crippen MR) is 97.3 cm³/mol. The van der Waals surface area contributed by atoms with Gasteiger partial charge in [0.1, 0.15) is 0 Å². The summed E-state index contributed by atoms with van der Waals surface area (Å²) in [4.78, 5) is 26.7. The Morgan fingerprint density at radius 1 is 1.23 bits per heavy atom. The number of benzene rings is 1. The fraction of sp³-hybridized carbons (Fsp3) is 0.579. The van der Waals surface area contributed by atoms with Crippen LogP contribution in [-0.2, 0) is 19.1 Å². The van der Waals surface area contributed by atoms with Crippen LogP contribution in [0.5, 0.6) is 0 Å². The lowest BCUT2D eigenvalue weighted by Crippen LogP contribution is -2.52. The van der Waals surface area contributed by atoms with Crippen LogP contribution in [0, 0.1) is 11.8 Å². The molecule has 1 aromatic rings. The molecular formula is C19H21Cl2NO4. The average Bonchev–Trinajstić information content (AvgIpc) is 3.27. The molecule has 6 unspecified atom stereocenters. The van der Waals surface area contributed by atoms with Crippen molar-refractivity contribution in [3.05, 3.63) is 33.8 Å². The standard InChI is InChI=1S/C19H21Cl2NO4/c1-25-16(23)9-22-15-8-11(10-3-4-13(20)14(21)7-10)17(18(24)26-2)12-5-6-19(12,15)22/h3-4,7,11-12,15,17H,5-6,8-9H2,1-2H3. The first kappa shape index (κ1) is 18.1. The number of hydrogen-bond acceptors (Lipinski definition) is 5. The predicted octanol–water partition coefficient (Wildman–Crippen LogP) is 3.28. The van der Waals surface area contributed by atoms with E-state index < -0.39 is 0 Å². The van der Waals surface area contributed by atoms with Gasteiger partial charge in [-0.1, -0.05) is 29.3 Å². The molecule has 3 fully saturated rings. The highest BCUT2D eigenvalue weighted by Gasteiger charge is 2.76. The van der Waals surface area contributed by atoms with Crippen LogP contribution in [0.2, 0.25) is 10.0 Å². The second-order valence-corrected chi connectivity index (χ2v) is 8.24. The highest BCUT2D eigenvalue weighted by Crippen LogP contribution is 2.68. The summed E-state index contributed by atoms with van der Waals surface area (Å²) in [6.45, 7) is 0.277. The van der Waals surface area contributed by atoms with Gasteiger partial charge >= 0.3 is 11.9 Å². The zero-order valence-electron chi connectivity index (χ0n) is 14.7. The van der Waals surface area contributed by atoms with Gasteiger partial charge in [-0.05, 0) is 48.8 Å². The van der Waals surface area contributed by atoms with E-state index in [1.807, 2.05) is 12.1 Å². The van der Waals surface area contributed by atoms with Crippen LogP contribution >= 0.6 is 23.2 Å². The van der Waals surface area contributed by atoms with Crippen molar-refractivity contribution in [1.29, 1.82) is 0 Å². The fourth-order valence-corrected chi connectivity index (χ4v) is 5.66. The zero-order chi connectivity index (χ0) is 18.6. The molecule has 2 saturated carbocycles. The summed E-state index contributed by atoms with van der Waals surface area (Å²) in [6, 6.07) is 5.85. The smallest absolute Gasteiger partial charge is 0.319 e. The molecule has 7 heteroatoms. The van der Waals surface area contributed by atoms with Crippen LogP contribution < -0.4 is 0 Å². The van der Waals surface area contributed by atoms with Crippen LogP contribution in [0.15, 0.2) is 18.2 Å². The fourth-order valence-electron chi connectivity index (χ4n) is 5.35. The van der Waals surface area contributed by atoms with E-state index in [0.29, 0.717) is 16.1 Å². The Hall–Kier alpha value is -1.30. The van der Waals surface area contributed by atoms with Crippen molar-refractivity contribution in [2.45, 2.75) is 36.8 Å². The topological polar surface area (TPSA) is 55.6 Å². The minimum absolute atomic E-state index is 0.00305. The van der Waals surface area contributed by atoms with E-state index >= 15 is 0 Å². The Bertz CT molecular complexity index is 770. The molecule has 1 saturated heterocycles. The Morgan fingerprint density at radius 2 is 2.00 bits per heavy atom. The first-order valence-corrected chi connectivity index (χ1v) is 9.56. The van der Waals surface area contributed by atoms with E-state index in [-0.39, 0.29) is 41.8 Å². The van der Waals surface area contributed by atoms with Gasteiger partial charge in [-0.25, -0.2) is 0 Å².